The van der Waals surface area contributed by atoms with E-state index in [9.17, 15) is 13.2 Å². The van der Waals surface area contributed by atoms with Crippen LogP contribution >= 0.6 is 11.6 Å². The number of ether oxygens (including phenoxy) is 1. The topological polar surface area (TPSA) is 111 Å². The van der Waals surface area contributed by atoms with Crippen LogP contribution in [0.3, 0.4) is 0 Å². The van der Waals surface area contributed by atoms with Crippen molar-refractivity contribution in [2.45, 2.75) is 23.3 Å². The van der Waals surface area contributed by atoms with Crippen molar-refractivity contribution in [2.24, 2.45) is 5.73 Å². The summed E-state index contributed by atoms with van der Waals surface area (Å²) in [4.78, 5) is 12.2. The molecule has 7 nitrogen and oxygen atoms in total. The van der Waals surface area contributed by atoms with Crippen LogP contribution in [0.2, 0.25) is 5.02 Å². The molecule has 1 aliphatic heterocycles. The molecule has 0 aromatic heterocycles. The molecular formula is C14H20ClN3O4S. The van der Waals surface area contributed by atoms with Crippen LogP contribution in [0.25, 0.3) is 0 Å². The largest absolute Gasteiger partial charge is 0.381 e. The van der Waals surface area contributed by atoms with Crippen molar-refractivity contribution >= 4 is 27.5 Å². The molecule has 9 heteroatoms. The first-order valence-corrected chi connectivity index (χ1v) is 9.10. The van der Waals surface area contributed by atoms with Crippen LogP contribution in [0.15, 0.2) is 29.2 Å². The molecule has 128 valence electrons. The summed E-state index contributed by atoms with van der Waals surface area (Å²) in [5.41, 5.74) is 5.09. The van der Waals surface area contributed by atoms with Gasteiger partial charge in [0.2, 0.25) is 15.9 Å². The number of hydrogen-bond acceptors (Lipinski definition) is 5. The Kier molecular flexibility index (Phi) is 5.99. The average molecular weight is 362 g/mol. The molecule has 0 radical (unpaired) electrons. The fourth-order valence-corrected chi connectivity index (χ4v) is 3.55. The van der Waals surface area contributed by atoms with E-state index >= 15 is 0 Å². The maximum Gasteiger partial charge on any atom is 0.240 e. The maximum absolute atomic E-state index is 12.1. The monoisotopic (exact) mass is 361 g/mol. The Morgan fingerprint density at radius 1 is 1.30 bits per heavy atom. The standard InChI is InChI=1S/C14H20ClN3O4S/c15-11-2-1-3-12(10-11)23(20,21)18-7-6-17-13(19)14(16)4-8-22-9-5-14/h1-3,10,18H,4-9,16H2,(H,17,19). The van der Waals surface area contributed by atoms with Gasteiger partial charge in [-0.3, -0.25) is 4.79 Å². The van der Waals surface area contributed by atoms with Gasteiger partial charge in [0.05, 0.1) is 10.4 Å². The van der Waals surface area contributed by atoms with Gasteiger partial charge in [0, 0.05) is 31.3 Å². The summed E-state index contributed by atoms with van der Waals surface area (Å²) in [6, 6.07) is 5.96. The van der Waals surface area contributed by atoms with Gasteiger partial charge in [0.25, 0.3) is 0 Å². The van der Waals surface area contributed by atoms with Crippen LogP contribution in [-0.4, -0.2) is 46.2 Å². The average Bonchev–Trinajstić information content (AvgIpc) is 2.52. The maximum atomic E-state index is 12.1. The molecule has 0 saturated carbocycles. The van der Waals surface area contributed by atoms with Crippen molar-refractivity contribution in [1.29, 1.82) is 0 Å². The van der Waals surface area contributed by atoms with Gasteiger partial charge in [0.15, 0.2) is 0 Å². The highest BCUT2D eigenvalue weighted by Gasteiger charge is 2.35. The Hall–Kier alpha value is -1.19. The van der Waals surface area contributed by atoms with E-state index in [1.807, 2.05) is 0 Å². The first kappa shape index (κ1) is 18.2. The van der Waals surface area contributed by atoms with E-state index in [0.717, 1.165) is 0 Å². The summed E-state index contributed by atoms with van der Waals surface area (Å²) < 4.78 is 31.7. The fraction of sp³-hybridized carbons (Fsp3) is 0.500. The first-order valence-electron chi connectivity index (χ1n) is 7.24. The molecule has 1 fully saturated rings. The highest BCUT2D eigenvalue weighted by atomic mass is 35.5. The van der Waals surface area contributed by atoms with E-state index in [4.69, 9.17) is 22.1 Å². The summed E-state index contributed by atoms with van der Waals surface area (Å²) in [5, 5.41) is 2.99. The number of halogens is 1. The Labute approximate surface area is 140 Å². The van der Waals surface area contributed by atoms with E-state index in [0.29, 0.717) is 31.1 Å². The summed E-state index contributed by atoms with van der Waals surface area (Å²) in [7, 11) is -3.66. The first-order chi connectivity index (χ1) is 10.8. The van der Waals surface area contributed by atoms with E-state index in [2.05, 4.69) is 10.0 Å². The zero-order valence-corrected chi connectivity index (χ0v) is 14.1. The molecule has 23 heavy (non-hydrogen) atoms. The molecule has 2 rings (SSSR count). The Balaban J connectivity index is 1.82. The number of amides is 1. The van der Waals surface area contributed by atoms with Crippen molar-refractivity contribution < 1.29 is 17.9 Å². The molecule has 0 atom stereocenters. The molecule has 1 aromatic rings. The van der Waals surface area contributed by atoms with Crippen LogP contribution in [0.4, 0.5) is 0 Å². The predicted molar refractivity (Wildman–Crippen MR) is 86.6 cm³/mol. The van der Waals surface area contributed by atoms with E-state index in [1.54, 1.807) is 12.1 Å². The van der Waals surface area contributed by atoms with Crippen molar-refractivity contribution in [3.63, 3.8) is 0 Å². The van der Waals surface area contributed by atoms with Crippen molar-refractivity contribution in [1.82, 2.24) is 10.0 Å². The number of carbonyl (C=O) groups is 1. The van der Waals surface area contributed by atoms with Gasteiger partial charge in [-0.15, -0.1) is 0 Å². The zero-order valence-electron chi connectivity index (χ0n) is 12.5. The van der Waals surface area contributed by atoms with Gasteiger partial charge < -0.3 is 15.8 Å². The molecular weight excluding hydrogens is 342 g/mol. The highest BCUT2D eigenvalue weighted by molar-refractivity contribution is 7.89. The Morgan fingerprint density at radius 2 is 2.00 bits per heavy atom. The smallest absolute Gasteiger partial charge is 0.240 e. The van der Waals surface area contributed by atoms with E-state index < -0.39 is 15.6 Å². The van der Waals surface area contributed by atoms with Gasteiger partial charge in [-0.05, 0) is 31.0 Å². The molecule has 0 spiro atoms. The molecule has 1 amide bonds. The quantitative estimate of drug-likeness (QED) is 0.629. The van der Waals surface area contributed by atoms with Crippen LogP contribution in [0, 0.1) is 0 Å². The minimum atomic E-state index is -3.66. The Morgan fingerprint density at radius 3 is 2.65 bits per heavy atom. The van der Waals surface area contributed by atoms with Gasteiger partial charge >= 0.3 is 0 Å². The summed E-state index contributed by atoms with van der Waals surface area (Å²) >= 11 is 5.78. The molecule has 4 N–H and O–H groups in total. The molecule has 0 bridgehead atoms. The highest BCUT2D eigenvalue weighted by Crippen LogP contribution is 2.17. The van der Waals surface area contributed by atoms with Crippen molar-refractivity contribution in [3.05, 3.63) is 29.3 Å². The number of carbonyl (C=O) groups excluding carboxylic acids is 1. The van der Waals surface area contributed by atoms with Crippen LogP contribution in [-0.2, 0) is 19.6 Å². The van der Waals surface area contributed by atoms with Crippen LogP contribution in [0.1, 0.15) is 12.8 Å². The lowest BCUT2D eigenvalue weighted by Gasteiger charge is -2.31. The van der Waals surface area contributed by atoms with Gasteiger partial charge in [-0.2, -0.15) is 0 Å². The predicted octanol–water partition coefficient (Wildman–Crippen LogP) is 0.242. The Bertz CT molecular complexity index is 660. The number of hydrogen-bond donors (Lipinski definition) is 3. The summed E-state index contributed by atoms with van der Waals surface area (Å²) in [6.45, 7) is 1.11. The minimum absolute atomic E-state index is 0.0627. The van der Waals surface area contributed by atoms with Gasteiger partial charge in [-0.25, -0.2) is 13.1 Å². The van der Waals surface area contributed by atoms with Crippen molar-refractivity contribution in [2.75, 3.05) is 26.3 Å². The lowest BCUT2D eigenvalue weighted by Crippen LogP contribution is -2.57. The number of rotatable bonds is 6. The number of sulfonamides is 1. The molecule has 0 unspecified atom stereocenters. The second kappa shape index (κ2) is 7.59. The lowest BCUT2D eigenvalue weighted by molar-refractivity contribution is -0.129. The van der Waals surface area contributed by atoms with Gasteiger partial charge in [-0.1, -0.05) is 17.7 Å². The van der Waals surface area contributed by atoms with Crippen LogP contribution in [0.5, 0.6) is 0 Å². The van der Waals surface area contributed by atoms with Crippen LogP contribution < -0.4 is 15.8 Å². The summed E-state index contributed by atoms with van der Waals surface area (Å²) in [5.74, 6) is -0.289. The third-order valence-electron chi connectivity index (χ3n) is 3.65. The number of nitrogens with two attached hydrogens (primary N) is 1. The molecule has 1 saturated heterocycles. The van der Waals surface area contributed by atoms with E-state index in [1.165, 1.54) is 12.1 Å². The molecule has 1 heterocycles. The third kappa shape index (κ3) is 4.89. The fourth-order valence-electron chi connectivity index (χ4n) is 2.22. The third-order valence-corrected chi connectivity index (χ3v) is 5.34. The molecule has 1 aliphatic rings. The number of nitrogens with one attached hydrogen (secondary N) is 2. The summed E-state index contributed by atoms with van der Waals surface area (Å²) in [6.07, 6.45) is 0.903. The van der Waals surface area contributed by atoms with Crippen molar-refractivity contribution in [3.8, 4) is 0 Å². The molecule has 1 aromatic carbocycles. The second-order valence-corrected chi connectivity index (χ2v) is 7.58. The van der Waals surface area contributed by atoms with E-state index in [-0.39, 0.29) is 23.9 Å². The SMILES string of the molecule is NC1(C(=O)NCCNS(=O)(=O)c2cccc(Cl)c2)CCOCC1. The molecule has 0 aliphatic carbocycles. The normalized spacial score (nSPS) is 17.7. The minimum Gasteiger partial charge on any atom is -0.381 e. The number of benzene rings is 1. The van der Waals surface area contributed by atoms with Gasteiger partial charge in [0.1, 0.15) is 0 Å². The zero-order chi connectivity index (χ0) is 16.9. The lowest BCUT2D eigenvalue weighted by atomic mass is 9.90. The second-order valence-electron chi connectivity index (χ2n) is 5.38.